The van der Waals surface area contributed by atoms with Crippen LogP contribution in [-0.2, 0) is 4.74 Å². The SMILES string of the molecule is COCNC(=O)c1ncccc1N=[N+]=[N-]. The maximum atomic E-state index is 11.5. The second-order valence-electron chi connectivity index (χ2n) is 2.50. The van der Waals surface area contributed by atoms with Crippen molar-refractivity contribution in [3.8, 4) is 0 Å². The zero-order chi connectivity index (χ0) is 11.1. The smallest absolute Gasteiger partial charge is 0.272 e. The Morgan fingerprint density at radius 1 is 1.80 bits per heavy atom. The minimum atomic E-state index is -0.445. The minimum Gasteiger partial charge on any atom is -0.364 e. The number of nitrogens with zero attached hydrogens (tertiary/aromatic N) is 4. The summed E-state index contributed by atoms with van der Waals surface area (Å²) in [5.74, 6) is -0.445. The molecular weight excluding hydrogens is 198 g/mol. The molecule has 0 saturated heterocycles. The van der Waals surface area contributed by atoms with Gasteiger partial charge in [0.15, 0.2) is 0 Å². The molecule has 1 amide bonds. The van der Waals surface area contributed by atoms with Gasteiger partial charge in [-0.15, -0.1) is 0 Å². The van der Waals surface area contributed by atoms with E-state index in [1.807, 2.05) is 0 Å². The molecule has 0 saturated carbocycles. The zero-order valence-corrected chi connectivity index (χ0v) is 8.04. The standard InChI is InChI=1S/C8H9N5O2/c1-15-5-11-8(14)7-6(12-13-9)3-2-4-10-7/h2-4H,5H2,1H3,(H,11,14). The highest BCUT2D eigenvalue weighted by Crippen LogP contribution is 2.15. The van der Waals surface area contributed by atoms with Crippen LogP contribution in [0.3, 0.4) is 0 Å². The maximum Gasteiger partial charge on any atom is 0.272 e. The van der Waals surface area contributed by atoms with E-state index < -0.39 is 5.91 Å². The molecule has 7 nitrogen and oxygen atoms in total. The van der Waals surface area contributed by atoms with Gasteiger partial charge in [-0.25, -0.2) is 0 Å². The van der Waals surface area contributed by atoms with Crippen molar-refractivity contribution in [2.24, 2.45) is 5.11 Å². The Kier molecular flexibility index (Phi) is 4.08. The lowest BCUT2D eigenvalue weighted by Gasteiger charge is -2.04. The van der Waals surface area contributed by atoms with E-state index in [1.54, 1.807) is 6.07 Å². The molecule has 7 heteroatoms. The Morgan fingerprint density at radius 3 is 3.27 bits per heavy atom. The van der Waals surface area contributed by atoms with Crippen molar-refractivity contribution in [3.05, 3.63) is 34.5 Å². The first-order valence-corrected chi connectivity index (χ1v) is 4.07. The fourth-order valence-electron chi connectivity index (χ4n) is 0.922. The van der Waals surface area contributed by atoms with Crippen molar-refractivity contribution in [3.63, 3.8) is 0 Å². The van der Waals surface area contributed by atoms with Crippen molar-refractivity contribution in [2.45, 2.75) is 0 Å². The van der Waals surface area contributed by atoms with Crippen LogP contribution in [-0.4, -0.2) is 24.7 Å². The maximum absolute atomic E-state index is 11.5. The number of nitrogens with one attached hydrogen (secondary N) is 1. The van der Waals surface area contributed by atoms with Crippen molar-refractivity contribution < 1.29 is 9.53 Å². The molecule has 1 aromatic heterocycles. The largest absolute Gasteiger partial charge is 0.364 e. The third-order valence-electron chi connectivity index (χ3n) is 1.53. The average molecular weight is 207 g/mol. The number of carbonyl (C=O) groups is 1. The van der Waals surface area contributed by atoms with E-state index in [1.165, 1.54) is 19.4 Å². The lowest BCUT2D eigenvalue weighted by molar-refractivity contribution is 0.0868. The van der Waals surface area contributed by atoms with E-state index in [-0.39, 0.29) is 18.1 Å². The second kappa shape index (κ2) is 5.58. The van der Waals surface area contributed by atoms with Crippen molar-refractivity contribution in [1.29, 1.82) is 0 Å². The van der Waals surface area contributed by atoms with Gasteiger partial charge < -0.3 is 10.1 Å². The predicted octanol–water partition coefficient (Wildman–Crippen LogP) is 1.36. The number of hydrogen-bond acceptors (Lipinski definition) is 4. The van der Waals surface area contributed by atoms with Crippen LogP contribution in [0.5, 0.6) is 0 Å². The van der Waals surface area contributed by atoms with E-state index >= 15 is 0 Å². The normalized spacial score (nSPS) is 9.13. The van der Waals surface area contributed by atoms with Crippen molar-refractivity contribution >= 4 is 11.6 Å². The highest BCUT2D eigenvalue weighted by Gasteiger charge is 2.10. The van der Waals surface area contributed by atoms with E-state index in [0.29, 0.717) is 0 Å². The summed E-state index contributed by atoms with van der Waals surface area (Å²) in [5, 5.41) is 5.79. The van der Waals surface area contributed by atoms with E-state index in [0.717, 1.165) is 0 Å². The first-order chi connectivity index (χ1) is 7.29. The molecule has 0 bridgehead atoms. The summed E-state index contributed by atoms with van der Waals surface area (Å²) in [6.45, 7) is 0.0745. The molecule has 0 radical (unpaired) electrons. The Labute approximate surface area is 85.7 Å². The van der Waals surface area contributed by atoms with Gasteiger partial charge in [-0.05, 0) is 17.7 Å². The van der Waals surface area contributed by atoms with Gasteiger partial charge in [0, 0.05) is 18.2 Å². The molecule has 0 aliphatic heterocycles. The molecular formula is C8H9N5O2. The lowest BCUT2D eigenvalue weighted by atomic mass is 10.3. The zero-order valence-electron chi connectivity index (χ0n) is 8.04. The Bertz CT molecular complexity index is 400. The molecule has 1 aromatic rings. The number of rotatable bonds is 4. The summed E-state index contributed by atoms with van der Waals surface area (Å²) in [6, 6.07) is 3.09. The minimum absolute atomic E-state index is 0.0745. The predicted molar refractivity (Wildman–Crippen MR) is 52.4 cm³/mol. The van der Waals surface area contributed by atoms with Gasteiger partial charge in [0.05, 0.1) is 5.69 Å². The summed E-state index contributed by atoms with van der Waals surface area (Å²) in [5.41, 5.74) is 8.54. The third kappa shape index (κ3) is 2.94. The van der Waals surface area contributed by atoms with Gasteiger partial charge in [0.1, 0.15) is 12.4 Å². The molecule has 1 rings (SSSR count). The van der Waals surface area contributed by atoms with Gasteiger partial charge in [-0.3, -0.25) is 9.78 Å². The Morgan fingerprint density at radius 2 is 2.60 bits per heavy atom. The monoisotopic (exact) mass is 207 g/mol. The first-order valence-electron chi connectivity index (χ1n) is 4.07. The van der Waals surface area contributed by atoms with Gasteiger partial charge in [0.25, 0.3) is 5.91 Å². The van der Waals surface area contributed by atoms with Crippen LogP contribution in [0.25, 0.3) is 10.4 Å². The average Bonchev–Trinajstić information content (AvgIpc) is 2.27. The molecule has 0 unspecified atom stereocenters. The van der Waals surface area contributed by atoms with Crippen LogP contribution in [0.1, 0.15) is 10.5 Å². The molecule has 0 fully saturated rings. The fraction of sp³-hybridized carbons (Fsp3) is 0.250. The van der Waals surface area contributed by atoms with Crippen LogP contribution >= 0.6 is 0 Å². The van der Waals surface area contributed by atoms with Crippen LogP contribution < -0.4 is 5.32 Å². The summed E-state index contributed by atoms with van der Waals surface area (Å²) >= 11 is 0. The molecule has 78 valence electrons. The van der Waals surface area contributed by atoms with Crippen LogP contribution in [0, 0.1) is 0 Å². The molecule has 0 aliphatic carbocycles. The number of azide groups is 1. The second-order valence-corrected chi connectivity index (χ2v) is 2.50. The molecule has 1 N–H and O–H groups in total. The van der Waals surface area contributed by atoms with Crippen molar-refractivity contribution in [1.82, 2.24) is 10.3 Å². The highest BCUT2D eigenvalue weighted by atomic mass is 16.5. The molecule has 1 heterocycles. The number of pyridine rings is 1. The Balaban J connectivity index is 2.92. The highest BCUT2D eigenvalue weighted by molar-refractivity contribution is 5.96. The Hall–Kier alpha value is -2.11. The number of carbonyl (C=O) groups excluding carboxylic acids is 1. The van der Waals surface area contributed by atoms with Gasteiger partial charge in [-0.2, -0.15) is 0 Å². The lowest BCUT2D eigenvalue weighted by Crippen LogP contribution is -2.26. The van der Waals surface area contributed by atoms with Crippen molar-refractivity contribution in [2.75, 3.05) is 13.8 Å². The van der Waals surface area contributed by atoms with Crippen LogP contribution in [0.4, 0.5) is 5.69 Å². The number of aromatic nitrogens is 1. The third-order valence-corrected chi connectivity index (χ3v) is 1.53. The number of ether oxygens (including phenoxy) is 1. The molecule has 0 aliphatic rings. The molecule has 0 aromatic carbocycles. The topological polar surface area (TPSA) is 100.0 Å². The van der Waals surface area contributed by atoms with Gasteiger partial charge >= 0.3 is 0 Å². The van der Waals surface area contributed by atoms with Crippen LogP contribution in [0.2, 0.25) is 0 Å². The molecule has 0 atom stereocenters. The quantitative estimate of drug-likeness (QED) is 0.349. The van der Waals surface area contributed by atoms with E-state index in [9.17, 15) is 4.79 Å². The summed E-state index contributed by atoms with van der Waals surface area (Å²) in [7, 11) is 1.45. The van der Waals surface area contributed by atoms with Gasteiger partial charge in [0.2, 0.25) is 0 Å². The van der Waals surface area contributed by atoms with E-state index in [4.69, 9.17) is 5.53 Å². The summed E-state index contributed by atoms with van der Waals surface area (Å²) in [4.78, 5) is 17.9. The first kappa shape index (κ1) is 11.0. The number of amides is 1. The van der Waals surface area contributed by atoms with Gasteiger partial charge in [-0.1, -0.05) is 5.11 Å². The van der Waals surface area contributed by atoms with Crippen LogP contribution in [0.15, 0.2) is 23.4 Å². The number of methoxy groups -OCH3 is 1. The molecule has 15 heavy (non-hydrogen) atoms. The number of hydrogen-bond donors (Lipinski definition) is 1. The summed E-state index contributed by atoms with van der Waals surface area (Å²) in [6.07, 6.45) is 1.44. The van der Waals surface area contributed by atoms with E-state index in [2.05, 4.69) is 25.1 Å². The fourth-order valence-corrected chi connectivity index (χ4v) is 0.922. The molecule has 0 spiro atoms. The summed E-state index contributed by atoms with van der Waals surface area (Å²) < 4.78 is 4.67.